The first-order valence-electron chi connectivity index (χ1n) is 4.18. The van der Waals surface area contributed by atoms with Crippen molar-refractivity contribution in [1.82, 2.24) is 9.97 Å². The fourth-order valence-electron chi connectivity index (χ4n) is 1.62. The summed E-state index contributed by atoms with van der Waals surface area (Å²) in [6.45, 7) is 0. The Morgan fingerprint density at radius 1 is 1.31 bits per heavy atom. The molecule has 13 heavy (non-hydrogen) atoms. The predicted molar refractivity (Wildman–Crippen MR) is 50.3 cm³/mol. The van der Waals surface area contributed by atoms with E-state index in [1.165, 1.54) is 11.1 Å². The summed E-state index contributed by atoms with van der Waals surface area (Å²) in [7, 11) is 0. The van der Waals surface area contributed by atoms with Crippen molar-refractivity contribution in [1.29, 1.82) is 0 Å². The molecule has 1 aliphatic carbocycles. The Balaban J connectivity index is 2.21. The second-order valence-electron chi connectivity index (χ2n) is 3.11. The molecule has 1 aromatic rings. The molecule has 2 aliphatic rings. The van der Waals surface area contributed by atoms with E-state index in [9.17, 15) is 0 Å². The molecule has 0 unspecified atom stereocenters. The highest BCUT2D eigenvalue weighted by Crippen LogP contribution is 2.28. The molecule has 0 saturated heterocycles. The average Bonchev–Trinajstić information content (AvgIpc) is 2.61. The van der Waals surface area contributed by atoms with Gasteiger partial charge in [0.15, 0.2) is 0 Å². The number of hydrogen-bond donors (Lipinski definition) is 0. The number of allylic oxidation sites excluding steroid dienone is 2. The lowest BCUT2D eigenvalue weighted by Gasteiger charge is -2.12. The lowest BCUT2D eigenvalue weighted by molar-refractivity contribution is 1.02. The second kappa shape index (κ2) is 2.36. The number of nitrogens with zero attached hydrogens (tertiary/aromatic N) is 3. The van der Waals surface area contributed by atoms with Crippen LogP contribution in [0.25, 0.3) is 6.08 Å². The first kappa shape index (κ1) is 6.71. The fraction of sp³-hybridized carbons (Fsp3) is 0.100. The van der Waals surface area contributed by atoms with Gasteiger partial charge >= 0.3 is 0 Å². The average molecular weight is 169 g/mol. The van der Waals surface area contributed by atoms with E-state index >= 15 is 0 Å². The smallest absolute Gasteiger partial charge is 0.116 e. The first-order chi connectivity index (χ1) is 6.43. The molecule has 3 nitrogen and oxygen atoms in total. The van der Waals surface area contributed by atoms with Crippen LogP contribution in [0.4, 0.5) is 0 Å². The van der Waals surface area contributed by atoms with Crippen LogP contribution in [-0.2, 0) is 6.42 Å². The van der Waals surface area contributed by atoms with Gasteiger partial charge in [-0.2, -0.15) is 0 Å². The van der Waals surface area contributed by atoms with Crippen molar-refractivity contribution in [3.63, 3.8) is 0 Å². The van der Waals surface area contributed by atoms with Crippen LogP contribution in [0.15, 0.2) is 34.9 Å². The van der Waals surface area contributed by atoms with E-state index in [4.69, 9.17) is 0 Å². The van der Waals surface area contributed by atoms with Crippen LogP contribution in [0.3, 0.4) is 0 Å². The highest BCUT2D eigenvalue weighted by molar-refractivity contribution is 5.83. The zero-order valence-corrected chi connectivity index (χ0v) is 6.94. The minimum absolute atomic E-state index is 0.905. The highest BCUT2D eigenvalue weighted by Gasteiger charge is 2.17. The highest BCUT2D eigenvalue weighted by atomic mass is 14.8. The Hall–Kier alpha value is -1.77. The summed E-state index contributed by atoms with van der Waals surface area (Å²) in [6, 6.07) is 0. The van der Waals surface area contributed by atoms with Crippen molar-refractivity contribution < 1.29 is 0 Å². The first-order valence-corrected chi connectivity index (χ1v) is 4.18. The molecule has 1 aliphatic heterocycles. The maximum Gasteiger partial charge on any atom is 0.116 e. The van der Waals surface area contributed by atoms with Crippen LogP contribution in [-0.4, -0.2) is 16.2 Å². The predicted octanol–water partition coefficient (Wildman–Crippen LogP) is 1.38. The van der Waals surface area contributed by atoms with E-state index in [1.807, 2.05) is 24.6 Å². The summed E-state index contributed by atoms with van der Waals surface area (Å²) < 4.78 is 0. The van der Waals surface area contributed by atoms with Gasteiger partial charge in [-0.3, -0.25) is 4.99 Å². The Bertz CT molecular complexity index is 455. The number of aliphatic imine (C=N–C) groups is 1. The van der Waals surface area contributed by atoms with E-state index in [2.05, 4.69) is 15.0 Å². The normalized spacial score (nSPS) is 17.5. The zero-order valence-electron chi connectivity index (χ0n) is 6.94. The Labute approximate surface area is 75.6 Å². The number of hydrogen-bond acceptors (Lipinski definition) is 3. The van der Waals surface area contributed by atoms with Crippen molar-refractivity contribution in [3.8, 4) is 0 Å². The van der Waals surface area contributed by atoms with Crippen LogP contribution < -0.4 is 0 Å². The quantitative estimate of drug-likeness (QED) is 0.588. The van der Waals surface area contributed by atoms with Gasteiger partial charge in [0.05, 0.1) is 11.4 Å². The third-order valence-corrected chi connectivity index (χ3v) is 2.30. The standard InChI is InChI=1S/C10H7N3/c1-2-12-9-4-10-8(3-7(1)9)5-11-6-13-10/h1-2,4-6H,3H2. The summed E-state index contributed by atoms with van der Waals surface area (Å²) in [6.07, 6.45) is 10.2. The van der Waals surface area contributed by atoms with Gasteiger partial charge < -0.3 is 0 Å². The van der Waals surface area contributed by atoms with Crippen molar-refractivity contribution in [3.05, 3.63) is 41.1 Å². The van der Waals surface area contributed by atoms with Gasteiger partial charge in [0, 0.05) is 24.4 Å². The lowest BCUT2D eigenvalue weighted by Crippen LogP contribution is -2.02. The molecule has 62 valence electrons. The Morgan fingerprint density at radius 3 is 3.31 bits per heavy atom. The van der Waals surface area contributed by atoms with Gasteiger partial charge in [-0.25, -0.2) is 9.97 Å². The molecule has 0 atom stereocenters. The molecular formula is C10H7N3. The van der Waals surface area contributed by atoms with E-state index in [0.717, 1.165) is 17.8 Å². The third kappa shape index (κ3) is 0.935. The molecule has 3 rings (SSSR count). The minimum atomic E-state index is 0.905. The number of fused-ring (bicyclic) bond motifs is 2. The SMILES string of the molecule is C1=NC2=Cc3ncncc3CC2=C1. The molecule has 1 aromatic heterocycles. The summed E-state index contributed by atoms with van der Waals surface area (Å²) in [5.41, 5.74) is 4.50. The molecule has 0 saturated carbocycles. The topological polar surface area (TPSA) is 38.1 Å². The van der Waals surface area contributed by atoms with E-state index in [1.54, 1.807) is 6.33 Å². The maximum atomic E-state index is 4.24. The lowest BCUT2D eigenvalue weighted by atomic mass is 9.97. The largest absolute Gasteiger partial charge is 0.257 e. The fourth-order valence-corrected chi connectivity index (χ4v) is 1.62. The van der Waals surface area contributed by atoms with Gasteiger partial charge in [-0.1, -0.05) is 0 Å². The van der Waals surface area contributed by atoms with Crippen molar-refractivity contribution in [2.24, 2.45) is 4.99 Å². The van der Waals surface area contributed by atoms with Gasteiger partial charge in [0.25, 0.3) is 0 Å². The second-order valence-corrected chi connectivity index (χ2v) is 3.11. The van der Waals surface area contributed by atoms with Crippen LogP contribution in [0.2, 0.25) is 0 Å². The molecule has 0 radical (unpaired) electrons. The number of aromatic nitrogens is 2. The van der Waals surface area contributed by atoms with Crippen LogP contribution in [0, 0.1) is 0 Å². The Morgan fingerprint density at radius 2 is 2.31 bits per heavy atom. The van der Waals surface area contributed by atoms with Crippen LogP contribution in [0.5, 0.6) is 0 Å². The van der Waals surface area contributed by atoms with Gasteiger partial charge in [-0.15, -0.1) is 0 Å². The van der Waals surface area contributed by atoms with Crippen LogP contribution in [0.1, 0.15) is 11.3 Å². The molecule has 0 amide bonds. The van der Waals surface area contributed by atoms with Gasteiger partial charge in [-0.05, 0) is 17.7 Å². The molecule has 0 bridgehead atoms. The molecule has 0 fully saturated rings. The van der Waals surface area contributed by atoms with Gasteiger partial charge in [0.2, 0.25) is 0 Å². The number of rotatable bonds is 0. The van der Waals surface area contributed by atoms with E-state index in [0.29, 0.717) is 0 Å². The monoisotopic (exact) mass is 169 g/mol. The van der Waals surface area contributed by atoms with Crippen molar-refractivity contribution >= 4 is 12.3 Å². The van der Waals surface area contributed by atoms with Crippen LogP contribution >= 0.6 is 0 Å². The summed E-state index contributed by atoms with van der Waals surface area (Å²) in [5, 5.41) is 0. The maximum absolute atomic E-state index is 4.24. The molecule has 3 heteroatoms. The van der Waals surface area contributed by atoms with Crippen molar-refractivity contribution in [2.45, 2.75) is 6.42 Å². The van der Waals surface area contributed by atoms with E-state index < -0.39 is 0 Å². The minimum Gasteiger partial charge on any atom is -0.257 e. The molecule has 0 aromatic carbocycles. The summed E-state index contributed by atoms with van der Waals surface area (Å²) >= 11 is 0. The van der Waals surface area contributed by atoms with E-state index in [-0.39, 0.29) is 0 Å². The van der Waals surface area contributed by atoms with Crippen molar-refractivity contribution in [2.75, 3.05) is 0 Å². The molecule has 0 N–H and O–H groups in total. The zero-order chi connectivity index (χ0) is 8.67. The summed E-state index contributed by atoms with van der Waals surface area (Å²) in [4.78, 5) is 12.4. The molecule has 0 spiro atoms. The summed E-state index contributed by atoms with van der Waals surface area (Å²) in [5.74, 6) is 0. The molecular weight excluding hydrogens is 162 g/mol. The third-order valence-electron chi connectivity index (χ3n) is 2.30. The molecule has 2 heterocycles. The van der Waals surface area contributed by atoms with Gasteiger partial charge in [0.1, 0.15) is 6.33 Å². The Kier molecular flexibility index (Phi) is 1.22.